The van der Waals surface area contributed by atoms with Gasteiger partial charge < -0.3 is 20.2 Å². The SMILES string of the molecule is CN=C(NCCc1c[nH]c2cc(C)ccc12)NCc1ccc(-n2ccnc2C)c(F)c1.I. The Kier molecular flexibility index (Phi) is 7.89. The highest BCUT2D eigenvalue weighted by atomic mass is 127. The van der Waals surface area contributed by atoms with Crippen molar-refractivity contribution in [3.8, 4) is 5.69 Å². The third kappa shape index (κ3) is 5.29. The fourth-order valence-electron chi connectivity index (χ4n) is 3.72. The van der Waals surface area contributed by atoms with Crippen LogP contribution in [0.5, 0.6) is 0 Å². The molecule has 0 bridgehead atoms. The molecule has 0 unspecified atom stereocenters. The Hall–Kier alpha value is -2.88. The van der Waals surface area contributed by atoms with E-state index in [4.69, 9.17) is 0 Å². The number of nitrogens with zero attached hydrogens (tertiary/aromatic N) is 3. The van der Waals surface area contributed by atoms with Crippen LogP contribution in [0.4, 0.5) is 4.39 Å². The van der Waals surface area contributed by atoms with E-state index in [-0.39, 0.29) is 29.8 Å². The van der Waals surface area contributed by atoms with Crippen molar-refractivity contribution in [3.63, 3.8) is 0 Å². The second-order valence-electron chi connectivity index (χ2n) is 7.60. The largest absolute Gasteiger partial charge is 0.361 e. The van der Waals surface area contributed by atoms with Crippen LogP contribution in [0.25, 0.3) is 16.6 Å². The highest BCUT2D eigenvalue weighted by molar-refractivity contribution is 14.0. The van der Waals surface area contributed by atoms with E-state index in [0.29, 0.717) is 18.2 Å². The molecule has 2 heterocycles. The highest BCUT2D eigenvalue weighted by Gasteiger charge is 2.09. The molecule has 0 amide bonds. The van der Waals surface area contributed by atoms with Crippen LogP contribution < -0.4 is 10.6 Å². The van der Waals surface area contributed by atoms with Gasteiger partial charge in [-0.2, -0.15) is 0 Å². The number of halogens is 2. The van der Waals surface area contributed by atoms with Crippen molar-refractivity contribution in [1.29, 1.82) is 0 Å². The maximum Gasteiger partial charge on any atom is 0.191 e. The van der Waals surface area contributed by atoms with Crippen LogP contribution in [0.3, 0.4) is 0 Å². The summed E-state index contributed by atoms with van der Waals surface area (Å²) in [6, 6.07) is 11.7. The molecular weight excluding hydrogens is 518 g/mol. The third-order valence-electron chi connectivity index (χ3n) is 5.39. The summed E-state index contributed by atoms with van der Waals surface area (Å²) in [6.07, 6.45) is 6.36. The minimum absolute atomic E-state index is 0. The molecule has 8 heteroatoms. The van der Waals surface area contributed by atoms with Crippen molar-refractivity contribution in [3.05, 3.63) is 83.3 Å². The van der Waals surface area contributed by atoms with Crippen molar-refractivity contribution in [2.75, 3.05) is 13.6 Å². The van der Waals surface area contributed by atoms with Gasteiger partial charge in [0.2, 0.25) is 0 Å². The number of nitrogens with one attached hydrogen (secondary N) is 3. The van der Waals surface area contributed by atoms with E-state index in [1.165, 1.54) is 16.5 Å². The maximum atomic E-state index is 14.6. The fourth-order valence-corrected chi connectivity index (χ4v) is 3.72. The Balaban J connectivity index is 0.00000289. The molecule has 4 rings (SSSR count). The van der Waals surface area contributed by atoms with Crippen LogP contribution >= 0.6 is 24.0 Å². The van der Waals surface area contributed by atoms with E-state index < -0.39 is 0 Å². The molecule has 0 saturated carbocycles. The molecule has 0 spiro atoms. The molecule has 168 valence electrons. The Morgan fingerprint density at radius 2 is 2.00 bits per heavy atom. The minimum Gasteiger partial charge on any atom is -0.361 e. The van der Waals surface area contributed by atoms with Crippen molar-refractivity contribution >= 4 is 40.8 Å². The lowest BCUT2D eigenvalue weighted by atomic mass is 10.1. The molecule has 0 aliphatic carbocycles. The van der Waals surface area contributed by atoms with Gasteiger partial charge in [-0.05, 0) is 55.2 Å². The summed E-state index contributed by atoms with van der Waals surface area (Å²) >= 11 is 0. The normalized spacial score (nSPS) is 11.4. The summed E-state index contributed by atoms with van der Waals surface area (Å²) in [5.41, 5.74) is 5.01. The Morgan fingerprint density at radius 1 is 1.16 bits per heavy atom. The average Bonchev–Trinajstić information content (AvgIpc) is 3.36. The number of fused-ring (bicyclic) bond motifs is 1. The van der Waals surface area contributed by atoms with Gasteiger partial charge in [-0.3, -0.25) is 4.99 Å². The second-order valence-corrected chi connectivity index (χ2v) is 7.60. The number of aryl methyl sites for hydroxylation is 2. The molecule has 3 N–H and O–H groups in total. The molecule has 0 atom stereocenters. The van der Waals surface area contributed by atoms with Crippen molar-refractivity contribution in [2.45, 2.75) is 26.8 Å². The molecule has 2 aromatic heterocycles. The fraction of sp³-hybridized carbons (Fsp3) is 0.250. The van der Waals surface area contributed by atoms with Gasteiger partial charge in [-0.1, -0.05) is 18.2 Å². The molecule has 0 aliphatic heterocycles. The topological polar surface area (TPSA) is 70.0 Å². The quantitative estimate of drug-likeness (QED) is 0.188. The van der Waals surface area contributed by atoms with Crippen LogP contribution in [0.15, 0.2) is 60.0 Å². The van der Waals surface area contributed by atoms with Gasteiger partial charge in [-0.15, -0.1) is 24.0 Å². The monoisotopic (exact) mass is 546 g/mol. The van der Waals surface area contributed by atoms with Gasteiger partial charge in [0, 0.05) is 49.6 Å². The molecule has 2 aromatic carbocycles. The van der Waals surface area contributed by atoms with Gasteiger partial charge in [0.25, 0.3) is 0 Å². The first-order chi connectivity index (χ1) is 15.0. The van der Waals surface area contributed by atoms with Crippen molar-refractivity contribution in [1.82, 2.24) is 25.2 Å². The maximum absolute atomic E-state index is 14.6. The van der Waals surface area contributed by atoms with Gasteiger partial charge in [-0.25, -0.2) is 9.37 Å². The zero-order chi connectivity index (χ0) is 21.8. The number of rotatable bonds is 6. The first-order valence-electron chi connectivity index (χ1n) is 10.3. The molecule has 4 aromatic rings. The first kappa shape index (κ1) is 23.8. The van der Waals surface area contributed by atoms with Gasteiger partial charge >= 0.3 is 0 Å². The lowest BCUT2D eigenvalue weighted by Gasteiger charge is -2.13. The predicted octanol–water partition coefficient (Wildman–Crippen LogP) is 4.64. The molecule has 32 heavy (non-hydrogen) atoms. The van der Waals surface area contributed by atoms with Crippen LogP contribution in [-0.2, 0) is 13.0 Å². The summed E-state index contributed by atoms with van der Waals surface area (Å²) in [7, 11) is 1.73. The first-order valence-corrected chi connectivity index (χ1v) is 10.3. The number of hydrogen-bond acceptors (Lipinski definition) is 2. The predicted molar refractivity (Wildman–Crippen MR) is 139 cm³/mol. The van der Waals surface area contributed by atoms with Crippen LogP contribution in [0, 0.1) is 19.7 Å². The van der Waals surface area contributed by atoms with E-state index in [1.54, 1.807) is 36.1 Å². The molecular formula is C24H28FIN6. The summed E-state index contributed by atoms with van der Waals surface area (Å²) in [6.45, 7) is 5.16. The standard InChI is InChI=1S/C24H27FN6.HI/c1-16-4-6-20-19(15-29-22(20)12-16)8-9-28-24(26-3)30-14-18-5-7-23(21(25)13-18)31-11-10-27-17(31)2;/h4-7,10-13,15,29H,8-9,14H2,1-3H3,(H2,26,28,30);1H. The van der Waals surface area contributed by atoms with Crippen LogP contribution in [0.2, 0.25) is 0 Å². The highest BCUT2D eigenvalue weighted by Crippen LogP contribution is 2.20. The van der Waals surface area contributed by atoms with E-state index in [2.05, 4.69) is 56.9 Å². The lowest BCUT2D eigenvalue weighted by molar-refractivity contribution is 0.613. The Morgan fingerprint density at radius 3 is 2.72 bits per heavy atom. The number of hydrogen-bond donors (Lipinski definition) is 3. The van der Waals surface area contributed by atoms with Crippen LogP contribution in [-0.4, -0.2) is 34.1 Å². The molecule has 0 saturated heterocycles. The molecule has 6 nitrogen and oxygen atoms in total. The molecule has 0 radical (unpaired) electrons. The van der Waals surface area contributed by atoms with Gasteiger partial charge in [0.1, 0.15) is 11.6 Å². The zero-order valence-electron chi connectivity index (χ0n) is 18.4. The zero-order valence-corrected chi connectivity index (χ0v) is 20.8. The molecule has 0 fully saturated rings. The van der Waals surface area contributed by atoms with E-state index in [0.717, 1.165) is 29.9 Å². The van der Waals surface area contributed by atoms with Crippen molar-refractivity contribution in [2.24, 2.45) is 4.99 Å². The number of guanidine groups is 1. The summed E-state index contributed by atoms with van der Waals surface area (Å²) in [5, 5.41) is 7.83. The number of benzene rings is 2. The van der Waals surface area contributed by atoms with Gasteiger partial charge in [0.15, 0.2) is 5.96 Å². The smallest absolute Gasteiger partial charge is 0.191 e. The number of aliphatic imine (C=N–C) groups is 1. The average molecular weight is 546 g/mol. The van der Waals surface area contributed by atoms with Gasteiger partial charge in [0.05, 0.1) is 5.69 Å². The van der Waals surface area contributed by atoms with E-state index in [1.807, 2.05) is 13.0 Å². The number of imidazole rings is 1. The summed E-state index contributed by atoms with van der Waals surface area (Å²) in [4.78, 5) is 11.8. The number of aromatic nitrogens is 3. The minimum atomic E-state index is -0.280. The summed E-state index contributed by atoms with van der Waals surface area (Å²) in [5.74, 6) is 1.16. The Bertz CT molecular complexity index is 1230. The molecule has 0 aliphatic rings. The van der Waals surface area contributed by atoms with E-state index in [9.17, 15) is 4.39 Å². The Labute approximate surface area is 204 Å². The number of H-pyrrole nitrogens is 1. The van der Waals surface area contributed by atoms with Crippen LogP contribution in [0.1, 0.15) is 22.5 Å². The van der Waals surface area contributed by atoms with Crippen molar-refractivity contribution < 1.29 is 4.39 Å². The second kappa shape index (κ2) is 10.6. The van der Waals surface area contributed by atoms with E-state index >= 15 is 0 Å². The summed E-state index contributed by atoms with van der Waals surface area (Å²) < 4.78 is 16.3. The third-order valence-corrected chi connectivity index (χ3v) is 5.39. The lowest BCUT2D eigenvalue weighted by Crippen LogP contribution is -2.37. The number of aromatic amines is 1.